The Kier molecular flexibility index (Phi) is 7.94. The van der Waals surface area contributed by atoms with Crippen LogP contribution in [-0.4, -0.2) is 43.0 Å². The molecule has 0 aliphatic rings. The number of esters is 2. The number of rotatable bonds is 8. The average Bonchev–Trinajstić information content (AvgIpc) is 2.63. The van der Waals surface area contributed by atoms with Crippen molar-refractivity contribution in [2.24, 2.45) is 0 Å². The fourth-order valence-corrected chi connectivity index (χ4v) is 2.06. The zero-order valence-corrected chi connectivity index (χ0v) is 14.7. The van der Waals surface area contributed by atoms with Gasteiger partial charge in [0, 0.05) is 29.8 Å². The van der Waals surface area contributed by atoms with Crippen LogP contribution in [0.5, 0.6) is 0 Å². The monoisotopic (exact) mass is 364 g/mol. The van der Waals surface area contributed by atoms with E-state index in [0.29, 0.717) is 12.8 Å². The van der Waals surface area contributed by atoms with Gasteiger partial charge in [0.1, 0.15) is 0 Å². The van der Waals surface area contributed by atoms with Crippen LogP contribution in [0, 0.1) is 10.1 Å². The van der Waals surface area contributed by atoms with Crippen LogP contribution >= 0.6 is 0 Å². The Balaban J connectivity index is 2.81. The molecule has 26 heavy (non-hydrogen) atoms. The van der Waals surface area contributed by atoms with Crippen LogP contribution < -0.4 is 5.32 Å². The number of benzene rings is 1. The molecule has 1 N–H and O–H groups in total. The minimum atomic E-state index is -0.774. The quantitative estimate of drug-likeness (QED) is 0.324. The summed E-state index contributed by atoms with van der Waals surface area (Å²) < 4.78 is 9.00. The summed E-state index contributed by atoms with van der Waals surface area (Å²) in [6, 6.07) is 3.11. The van der Waals surface area contributed by atoms with Gasteiger partial charge in [0.2, 0.25) is 0 Å². The van der Waals surface area contributed by atoms with Crippen molar-refractivity contribution in [2.75, 3.05) is 14.2 Å². The summed E-state index contributed by atoms with van der Waals surface area (Å²) in [4.78, 5) is 45.2. The summed E-state index contributed by atoms with van der Waals surface area (Å²) in [6.45, 7) is 1.75. The van der Waals surface area contributed by atoms with Crippen molar-refractivity contribution in [2.45, 2.75) is 25.8 Å². The number of amides is 1. The van der Waals surface area contributed by atoms with Gasteiger partial charge < -0.3 is 14.8 Å². The summed E-state index contributed by atoms with van der Waals surface area (Å²) in [6.07, 6.45) is 3.98. The van der Waals surface area contributed by atoms with Crippen molar-refractivity contribution in [3.8, 4) is 0 Å². The second-order valence-electron chi connectivity index (χ2n) is 5.39. The zero-order valence-electron chi connectivity index (χ0n) is 14.7. The van der Waals surface area contributed by atoms with E-state index in [-0.39, 0.29) is 22.9 Å². The highest BCUT2D eigenvalue weighted by atomic mass is 16.6. The predicted octanol–water partition coefficient (Wildman–Crippen LogP) is 2.01. The molecule has 9 nitrogen and oxygen atoms in total. The SMILES string of the molecule is COC(=O)/C=C/CCC(C)NC(=O)c1cc(C(=O)OC)cc([N+](=O)[O-])c1. The first-order valence-corrected chi connectivity index (χ1v) is 7.71. The Bertz CT molecular complexity index is 728. The van der Waals surface area contributed by atoms with E-state index >= 15 is 0 Å². The maximum absolute atomic E-state index is 12.3. The van der Waals surface area contributed by atoms with Crippen LogP contribution in [0.4, 0.5) is 5.69 Å². The number of hydrogen-bond donors (Lipinski definition) is 1. The number of nitro benzene ring substituents is 1. The standard InChI is InChI=1S/C17H20N2O7/c1-11(6-4-5-7-15(20)25-2)18-16(21)12-8-13(17(22)26-3)10-14(9-12)19(23)24/h5,7-11H,4,6H2,1-3H3,(H,18,21)/b7-5+. The number of hydrogen-bond acceptors (Lipinski definition) is 7. The molecule has 0 bridgehead atoms. The normalized spacial score (nSPS) is 11.7. The summed E-state index contributed by atoms with van der Waals surface area (Å²) in [5, 5.41) is 13.7. The number of non-ortho nitro benzene ring substituents is 1. The van der Waals surface area contributed by atoms with Gasteiger partial charge >= 0.3 is 11.9 Å². The van der Waals surface area contributed by atoms with E-state index in [1.807, 2.05) is 0 Å². The Morgan fingerprint density at radius 1 is 1.19 bits per heavy atom. The predicted molar refractivity (Wildman–Crippen MR) is 91.8 cm³/mol. The Hall–Kier alpha value is -3.23. The highest BCUT2D eigenvalue weighted by Crippen LogP contribution is 2.18. The molecule has 0 aromatic heterocycles. The maximum Gasteiger partial charge on any atom is 0.338 e. The van der Waals surface area contributed by atoms with Crippen molar-refractivity contribution in [1.82, 2.24) is 5.32 Å². The molecule has 0 saturated carbocycles. The first-order chi connectivity index (χ1) is 12.3. The van der Waals surface area contributed by atoms with Gasteiger partial charge in [0.15, 0.2) is 0 Å². The van der Waals surface area contributed by atoms with E-state index in [9.17, 15) is 24.5 Å². The molecule has 0 spiro atoms. The van der Waals surface area contributed by atoms with E-state index < -0.39 is 22.8 Å². The maximum atomic E-state index is 12.3. The highest BCUT2D eigenvalue weighted by molar-refractivity contribution is 5.99. The van der Waals surface area contributed by atoms with Gasteiger partial charge in [-0.2, -0.15) is 0 Å². The zero-order chi connectivity index (χ0) is 19.7. The fraction of sp³-hybridized carbons (Fsp3) is 0.353. The molecule has 1 unspecified atom stereocenters. The molecule has 140 valence electrons. The molecular formula is C17H20N2O7. The third-order valence-corrected chi connectivity index (χ3v) is 3.41. The van der Waals surface area contributed by atoms with Crippen LogP contribution in [0.1, 0.15) is 40.5 Å². The van der Waals surface area contributed by atoms with E-state index in [1.165, 1.54) is 19.3 Å². The fourth-order valence-electron chi connectivity index (χ4n) is 2.06. The van der Waals surface area contributed by atoms with E-state index in [2.05, 4.69) is 14.8 Å². The van der Waals surface area contributed by atoms with Crippen LogP contribution in [-0.2, 0) is 14.3 Å². The lowest BCUT2D eigenvalue weighted by molar-refractivity contribution is -0.384. The lowest BCUT2D eigenvalue weighted by Gasteiger charge is -2.13. The largest absolute Gasteiger partial charge is 0.466 e. The molecule has 0 fully saturated rings. The van der Waals surface area contributed by atoms with Crippen LogP contribution in [0.2, 0.25) is 0 Å². The number of carbonyl (C=O) groups is 3. The molecule has 0 aliphatic carbocycles. The molecule has 9 heteroatoms. The summed E-state index contributed by atoms with van der Waals surface area (Å²) in [5.41, 5.74) is -0.483. The first-order valence-electron chi connectivity index (χ1n) is 7.71. The minimum absolute atomic E-state index is 0.0171. The van der Waals surface area contributed by atoms with Crippen molar-refractivity contribution in [3.05, 3.63) is 51.6 Å². The average molecular weight is 364 g/mol. The lowest BCUT2D eigenvalue weighted by atomic mass is 10.1. The molecule has 0 heterocycles. The number of nitrogens with one attached hydrogen (secondary N) is 1. The number of ether oxygens (including phenoxy) is 2. The molecule has 1 aromatic carbocycles. The number of nitrogens with zero attached hydrogens (tertiary/aromatic N) is 1. The smallest absolute Gasteiger partial charge is 0.338 e. The topological polar surface area (TPSA) is 125 Å². The van der Waals surface area contributed by atoms with Gasteiger partial charge in [-0.25, -0.2) is 9.59 Å². The van der Waals surface area contributed by atoms with Gasteiger partial charge in [0.25, 0.3) is 11.6 Å². The molecule has 1 rings (SSSR count). The van der Waals surface area contributed by atoms with Crippen molar-refractivity contribution < 1.29 is 28.8 Å². The summed E-state index contributed by atoms with van der Waals surface area (Å²) >= 11 is 0. The van der Waals surface area contributed by atoms with Gasteiger partial charge in [0.05, 0.1) is 24.7 Å². The first kappa shape index (κ1) is 20.8. The number of allylic oxidation sites excluding steroid dienone is 1. The second-order valence-corrected chi connectivity index (χ2v) is 5.39. The Labute approximate surface area is 150 Å². The van der Waals surface area contributed by atoms with Crippen LogP contribution in [0.3, 0.4) is 0 Å². The van der Waals surface area contributed by atoms with E-state index in [4.69, 9.17) is 0 Å². The van der Waals surface area contributed by atoms with Crippen molar-refractivity contribution in [3.63, 3.8) is 0 Å². The van der Waals surface area contributed by atoms with Gasteiger partial charge in [-0.1, -0.05) is 6.08 Å². The third kappa shape index (κ3) is 6.34. The lowest BCUT2D eigenvalue weighted by Crippen LogP contribution is -2.32. The Morgan fingerprint density at radius 2 is 1.85 bits per heavy atom. The van der Waals surface area contributed by atoms with Gasteiger partial charge in [-0.05, 0) is 25.8 Å². The van der Waals surface area contributed by atoms with Crippen LogP contribution in [0.15, 0.2) is 30.4 Å². The van der Waals surface area contributed by atoms with Crippen LogP contribution in [0.25, 0.3) is 0 Å². The van der Waals surface area contributed by atoms with Gasteiger partial charge in [-0.3, -0.25) is 14.9 Å². The van der Waals surface area contributed by atoms with Crippen molar-refractivity contribution >= 4 is 23.5 Å². The Morgan fingerprint density at radius 3 is 2.42 bits per heavy atom. The third-order valence-electron chi connectivity index (χ3n) is 3.41. The van der Waals surface area contributed by atoms with E-state index in [0.717, 1.165) is 19.2 Å². The molecule has 1 atom stereocenters. The molecule has 1 amide bonds. The molecule has 0 saturated heterocycles. The molecular weight excluding hydrogens is 344 g/mol. The highest BCUT2D eigenvalue weighted by Gasteiger charge is 2.19. The molecule has 0 radical (unpaired) electrons. The molecule has 0 aliphatic heterocycles. The number of nitro groups is 1. The van der Waals surface area contributed by atoms with Gasteiger partial charge in [-0.15, -0.1) is 0 Å². The van der Waals surface area contributed by atoms with Crippen molar-refractivity contribution in [1.29, 1.82) is 0 Å². The summed E-state index contributed by atoms with van der Waals surface area (Å²) in [7, 11) is 2.42. The number of carbonyl (C=O) groups excluding carboxylic acids is 3. The number of methoxy groups -OCH3 is 2. The summed E-state index contributed by atoms with van der Waals surface area (Å²) in [5.74, 6) is -1.79. The second kappa shape index (κ2) is 9.92. The minimum Gasteiger partial charge on any atom is -0.466 e. The van der Waals surface area contributed by atoms with E-state index in [1.54, 1.807) is 13.0 Å². The molecule has 1 aromatic rings.